The van der Waals surface area contributed by atoms with Crippen molar-refractivity contribution in [1.82, 2.24) is 0 Å². The SMILES string of the molecule is OC(CCc1ccccc1)Cc1ccc(Cl)cc1F. The van der Waals surface area contributed by atoms with Crippen LogP contribution >= 0.6 is 11.6 Å². The lowest BCUT2D eigenvalue weighted by atomic mass is 10.0. The normalized spacial score (nSPS) is 12.4. The quantitative estimate of drug-likeness (QED) is 0.876. The standard InChI is InChI=1S/C16H16ClFO/c17-14-8-7-13(16(18)11-14)10-15(19)9-6-12-4-2-1-3-5-12/h1-5,7-8,11,15,19H,6,9-10H2. The summed E-state index contributed by atoms with van der Waals surface area (Å²) in [6.45, 7) is 0. The summed E-state index contributed by atoms with van der Waals surface area (Å²) >= 11 is 5.69. The lowest BCUT2D eigenvalue weighted by molar-refractivity contribution is 0.164. The Morgan fingerprint density at radius 1 is 1.11 bits per heavy atom. The molecule has 0 fully saturated rings. The molecule has 0 saturated heterocycles. The van der Waals surface area contributed by atoms with E-state index in [0.717, 1.165) is 6.42 Å². The fraction of sp³-hybridized carbons (Fsp3) is 0.250. The van der Waals surface area contributed by atoms with Gasteiger partial charge in [0.15, 0.2) is 0 Å². The molecule has 0 heterocycles. The first-order valence-corrected chi connectivity index (χ1v) is 6.69. The van der Waals surface area contributed by atoms with Gasteiger partial charge >= 0.3 is 0 Å². The zero-order chi connectivity index (χ0) is 13.7. The number of aryl methyl sites for hydroxylation is 1. The summed E-state index contributed by atoms with van der Waals surface area (Å²) in [4.78, 5) is 0. The van der Waals surface area contributed by atoms with Gasteiger partial charge < -0.3 is 5.11 Å². The molecule has 2 aromatic rings. The summed E-state index contributed by atoms with van der Waals surface area (Å²) in [5.41, 5.74) is 1.68. The van der Waals surface area contributed by atoms with E-state index in [9.17, 15) is 9.50 Å². The lowest BCUT2D eigenvalue weighted by Gasteiger charge is -2.11. The van der Waals surface area contributed by atoms with Gasteiger partial charge in [-0.05, 0) is 36.1 Å². The number of halogens is 2. The first-order chi connectivity index (χ1) is 9.15. The maximum absolute atomic E-state index is 13.6. The van der Waals surface area contributed by atoms with Gasteiger partial charge in [-0.15, -0.1) is 0 Å². The number of benzene rings is 2. The molecule has 0 aliphatic carbocycles. The second-order valence-corrected chi connectivity index (χ2v) is 5.05. The van der Waals surface area contributed by atoms with Crippen LogP contribution in [-0.2, 0) is 12.8 Å². The van der Waals surface area contributed by atoms with E-state index in [0.29, 0.717) is 23.4 Å². The minimum absolute atomic E-state index is 0.315. The highest BCUT2D eigenvalue weighted by atomic mass is 35.5. The molecule has 0 bridgehead atoms. The van der Waals surface area contributed by atoms with E-state index >= 15 is 0 Å². The average Bonchev–Trinajstić information content (AvgIpc) is 2.41. The summed E-state index contributed by atoms with van der Waals surface area (Å²) in [6, 6.07) is 14.5. The molecule has 2 rings (SSSR count). The van der Waals surface area contributed by atoms with Gasteiger partial charge in [-0.25, -0.2) is 4.39 Å². The minimum atomic E-state index is -0.545. The van der Waals surface area contributed by atoms with Crippen molar-refractivity contribution in [2.75, 3.05) is 0 Å². The fourth-order valence-electron chi connectivity index (χ4n) is 2.02. The van der Waals surface area contributed by atoms with Crippen molar-refractivity contribution in [2.45, 2.75) is 25.4 Å². The van der Waals surface area contributed by atoms with E-state index in [4.69, 9.17) is 11.6 Å². The monoisotopic (exact) mass is 278 g/mol. The zero-order valence-electron chi connectivity index (χ0n) is 10.5. The number of aliphatic hydroxyl groups is 1. The third kappa shape index (κ3) is 4.34. The molecule has 1 N–H and O–H groups in total. The molecule has 0 radical (unpaired) electrons. The molecule has 0 spiro atoms. The Balaban J connectivity index is 1.89. The molecule has 0 amide bonds. The number of hydrogen-bond donors (Lipinski definition) is 1. The van der Waals surface area contributed by atoms with Crippen molar-refractivity contribution in [3.63, 3.8) is 0 Å². The highest BCUT2D eigenvalue weighted by molar-refractivity contribution is 6.30. The van der Waals surface area contributed by atoms with Crippen LogP contribution in [0, 0.1) is 5.82 Å². The topological polar surface area (TPSA) is 20.2 Å². The Kier molecular flexibility index (Phi) is 4.94. The molecular formula is C16H16ClFO. The zero-order valence-corrected chi connectivity index (χ0v) is 11.3. The van der Waals surface area contributed by atoms with E-state index in [1.807, 2.05) is 30.3 Å². The predicted molar refractivity (Wildman–Crippen MR) is 75.9 cm³/mol. The van der Waals surface area contributed by atoms with Gasteiger partial charge in [0.05, 0.1) is 6.10 Å². The van der Waals surface area contributed by atoms with E-state index in [1.165, 1.54) is 11.6 Å². The lowest BCUT2D eigenvalue weighted by Crippen LogP contribution is -2.12. The summed E-state index contributed by atoms with van der Waals surface area (Å²) in [7, 11) is 0. The van der Waals surface area contributed by atoms with Gasteiger partial charge in [0.1, 0.15) is 5.82 Å². The Morgan fingerprint density at radius 2 is 1.84 bits per heavy atom. The summed E-state index contributed by atoms with van der Waals surface area (Å²) in [6.07, 6.45) is 1.18. The summed E-state index contributed by atoms with van der Waals surface area (Å²) in [5, 5.41) is 10.3. The molecule has 19 heavy (non-hydrogen) atoms. The molecule has 0 aliphatic rings. The van der Waals surface area contributed by atoms with Gasteiger partial charge in [0.2, 0.25) is 0 Å². The van der Waals surface area contributed by atoms with Crippen LogP contribution in [0.5, 0.6) is 0 Å². The van der Waals surface area contributed by atoms with Crippen LogP contribution < -0.4 is 0 Å². The van der Waals surface area contributed by atoms with Crippen molar-refractivity contribution in [1.29, 1.82) is 0 Å². The molecule has 1 atom stereocenters. The maximum Gasteiger partial charge on any atom is 0.127 e. The summed E-state index contributed by atoms with van der Waals surface area (Å²) < 4.78 is 13.6. The van der Waals surface area contributed by atoms with E-state index in [1.54, 1.807) is 12.1 Å². The Morgan fingerprint density at radius 3 is 2.53 bits per heavy atom. The molecule has 0 saturated carbocycles. The largest absolute Gasteiger partial charge is 0.393 e. The van der Waals surface area contributed by atoms with Gasteiger partial charge in [-0.3, -0.25) is 0 Å². The molecule has 1 nitrogen and oxygen atoms in total. The number of rotatable bonds is 5. The molecule has 0 aromatic heterocycles. The average molecular weight is 279 g/mol. The third-order valence-corrected chi connectivity index (χ3v) is 3.31. The first-order valence-electron chi connectivity index (χ1n) is 6.31. The van der Waals surface area contributed by atoms with Crippen molar-refractivity contribution < 1.29 is 9.50 Å². The van der Waals surface area contributed by atoms with Gasteiger partial charge in [0.25, 0.3) is 0 Å². The Hall–Kier alpha value is -1.38. The molecule has 2 aromatic carbocycles. The van der Waals surface area contributed by atoms with Crippen molar-refractivity contribution in [3.05, 3.63) is 70.5 Å². The second-order valence-electron chi connectivity index (χ2n) is 4.62. The predicted octanol–water partition coefficient (Wildman–Crippen LogP) is 4.02. The number of aliphatic hydroxyl groups excluding tert-OH is 1. The van der Waals surface area contributed by atoms with Crippen LogP contribution in [0.4, 0.5) is 4.39 Å². The number of hydrogen-bond acceptors (Lipinski definition) is 1. The molecule has 3 heteroatoms. The highest BCUT2D eigenvalue weighted by Gasteiger charge is 2.10. The Labute approximate surface area is 117 Å². The van der Waals surface area contributed by atoms with E-state index in [2.05, 4.69) is 0 Å². The van der Waals surface area contributed by atoms with E-state index < -0.39 is 6.10 Å². The first kappa shape index (κ1) is 14.0. The van der Waals surface area contributed by atoms with Gasteiger partial charge in [-0.1, -0.05) is 48.0 Å². The van der Waals surface area contributed by atoms with Crippen LogP contribution in [0.25, 0.3) is 0 Å². The molecule has 1 unspecified atom stereocenters. The fourth-order valence-corrected chi connectivity index (χ4v) is 2.18. The van der Waals surface area contributed by atoms with Gasteiger partial charge in [0, 0.05) is 11.4 Å². The summed E-state index contributed by atoms with van der Waals surface area (Å²) in [5.74, 6) is -0.355. The van der Waals surface area contributed by atoms with Crippen molar-refractivity contribution in [3.8, 4) is 0 Å². The van der Waals surface area contributed by atoms with Crippen molar-refractivity contribution in [2.24, 2.45) is 0 Å². The smallest absolute Gasteiger partial charge is 0.127 e. The van der Waals surface area contributed by atoms with Gasteiger partial charge in [-0.2, -0.15) is 0 Å². The minimum Gasteiger partial charge on any atom is -0.393 e. The molecule has 100 valence electrons. The van der Waals surface area contributed by atoms with Crippen LogP contribution in [0.3, 0.4) is 0 Å². The molecule has 0 aliphatic heterocycles. The van der Waals surface area contributed by atoms with Crippen LogP contribution in [0.1, 0.15) is 17.5 Å². The van der Waals surface area contributed by atoms with Crippen LogP contribution in [-0.4, -0.2) is 11.2 Å². The highest BCUT2D eigenvalue weighted by Crippen LogP contribution is 2.17. The Bertz CT molecular complexity index is 528. The molecular weight excluding hydrogens is 263 g/mol. The van der Waals surface area contributed by atoms with Crippen molar-refractivity contribution >= 4 is 11.6 Å². The van der Waals surface area contributed by atoms with Crippen LogP contribution in [0.2, 0.25) is 5.02 Å². The maximum atomic E-state index is 13.6. The van der Waals surface area contributed by atoms with E-state index in [-0.39, 0.29) is 5.82 Å². The third-order valence-electron chi connectivity index (χ3n) is 3.08. The second kappa shape index (κ2) is 6.69. The van der Waals surface area contributed by atoms with Crippen LogP contribution in [0.15, 0.2) is 48.5 Å².